The van der Waals surface area contributed by atoms with Gasteiger partial charge in [-0.05, 0) is 33.8 Å². The van der Waals surface area contributed by atoms with Gasteiger partial charge in [0.05, 0.1) is 12.1 Å². The highest BCUT2D eigenvalue weighted by Gasteiger charge is 2.41. The van der Waals surface area contributed by atoms with E-state index in [2.05, 4.69) is 48.6 Å². The lowest BCUT2D eigenvalue weighted by molar-refractivity contribution is 0.0919. The number of para-hydroxylation sites is 1. The minimum Gasteiger partial charge on any atom is -0.486 e. The number of aromatic nitrogens is 1. The molecule has 2 unspecified atom stereocenters. The second-order valence-corrected chi connectivity index (χ2v) is 6.78. The first-order valence-corrected chi connectivity index (χ1v) is 7.81. The van der Waals surface area contributed by atoms with Crippen LogP contribution in [-0.4, -0.2) is 10.6 Å². The van der Waals surface area contributed by atoms with Crippen molar-refractivity contribution in [3.8, 4) is 5.75 Å². The third-order valence-corrected chi connectivity index (χ3v) is 4.87. The first-order chi connectivity index (χ1) is 9.47. The van der Waals surface area contributed by atoms with Crippen LogP contribution in [0, 0.1) is 6.92 Å². The molecule has 0 saturated carbocycles. The Labute approximate surface area is 124 Å². The van der Waals surface area contributed by atoms with Crippen molar-refractivity contribution < 1.29 is 4.74 Å². The molecule has 1 aromatic carbocycles. The number of aryl methyl sites for hydroxylation is 1. The molecule has 0 radical (unpaired) electrons. The third-order valence-electron chi connectivity index (χ3n) is 3.72. The van der Waals surface area contributed by atoms with Crippen LogP contribution >= 0.6 is 11.3 Å². The lowest BCUT2D eigenvalue weighted by atomic mass is 9.94. The smallest absolute Gasteiger partial charge is 0.125 e. The monoisotopic (exact) mass is 288 g/mol. The summed E-state index contributed by atoms with van der Waals surface area (Å²) < 4.78 is 6.07. The van der Waals surface area contributed by atoms with Crippen LogP contribution in [0.15, 0.2) is 29.6 Å². The van der Waals surface area contributed by atoms with Crippen LogP contribution in [0.4, 0.5) is 0 Å². The minimum absolute atomic E-state index is 0.179. The highest BCUT2D eigenvalue weighted by atomic mass is 32.1. The molecule has 1 aromatic heterocycles. The number of hydrogen-bond acceptors (Lipinski definition) is 4. The predicted molar refractivity (Wildman–Crippen MR) is 82.3 cm³/mol. The van der Waals surface area contributed by atoms with E-state index in [4.69, 9.17) is 4.74 Å². The normalized spacial score (nSPS) is 21.3. The van der Waals surface area contributed by atoms with Gasteiger partial charge in [-0.15, -0.1) is 11.3 Å². The van der Waals surface area contributed by atoms with Crippen molar-refractivity contribution in [3.63, 3.8) is 0 Å². The Morgan fingerprint density at radius 3 is 2.80 bits per heavy atom. The lowest BCUT2D eigenvalue weighted by Crippen LogP contribution is -2.40. The van der Waals surface area contributed by atoms with E-state index in [1.807, 2.05) is 19.1 Å². The van der Waals surface area contributed by atoms with Crippen LogP contribution in [0.5, 0.6) is 5.75 Å². The molecule has 3 rings (SSSR count). The maximum Gasteiger partial charge on any atom is 0.125 e. The number of nitrogens with zero attached hydrogens (tertiary/aromatic N) is 1. The van der Waals surface area contributed by atoms with Gasteiger partial charge in [-0.1, -0.05) is 18.2 Å². The molecule has 0 fully saturated rings. The Morgan fingerprint density at radius 2 is 2.10 bits per heavy atom. The van der Waals surface area contributed by atoms with Gasteiger partial charge >= 0.3 is 0 Å². The zero-order valence-electron chi connectivity index (χ0n) is 12.3. The summed E-state index contributed by atoms with van der Waals surface area (Å²) in [5.74, 6) is 0.984. The van der Waals surface area contributed by atoms with Crippen molar-refractivity contribution in [1.29, 1.82) is 0 Å². The van der Waals surface area contributed by atoms with Crippen LogP contribution < -0.4 is 10.1 Å². The second kappa shape index (κ2) is 4.86. The number of fused-ring (bicyclic) bond motifs is 1. The van der Waals surface area contributed by atoms with Crippen LogP contribution in [-0.2, 0) is 0 Å². The van der Waals surface area contributed by atoms with Gasteiger partial charge in [0.15, 0.2) is 0 Å². The van der Waals surface area contributed by atoms with Gasteiger partial charge in [-0.3, -0.25) is 5.32 Å². The highest BCUT2D eigenvalue weighted by Crippen LogP contribution is 2.43. The summed E-state index contributed by atoms with van der Waals surface area (Å²) in [6.07, 6.45) is 0. The third kappa shape index (κ3) is 2.34. The Hall–Kier alpha value is -1.39. The standard InChI is InChI=1S/C16H20N2OS/c1-10-9-20-15(17-10)11(2)18-14-12-7-5-6-8-13(12)19-16(14,3)4/h5-9,11,14,18H,1-4H3. The fourth-order valence-corrected chi connectivity index (χ4v) is 3.52. The Kier molecular flexibility index (Phi) is 3.30. The number of benzene rings is 1. The molecular weight excluding hydrogens is 268 g/mol. The second-order valence-electron chi connectivity index (χ2n) is 5.89. The van der Waals surface area contributed by atoms with E-state index in [0.717, 1.165) is 16.5 Å². The molecular formula is C16H20N2OS. The largest absolute Gasteiger partial charge is 0.486 e. The molecule has 2 atom stereocenters. The molecule has 0 bridgehead atoms. The van der Waals surface area contributed by atoms with Gasteiger partial charge in [0, 0.05) is 16.6 Å². The number of rotatable bonds is 3. The molecule has 106 valence electrons. The van der Waals surface area contributed by atoms with Crippen LogP contribution in [0.25, 0.3) is 0 Å². The Balaban J connectivity index is 1.86. The van der Waals surface area contributed by atoms with Crippen LogP contribution in [0.1, 0.15) is 49.1 Å². The van der Waals surface area contributed by atoms with Crippen molar-refractivity contribution in [2.75, 3.05) is 0 Å². The molecule has 20 heavy (non-hydrogen) atoms. The predicted octanol–water partition coefficient (Wildman–Crippen LogP) is 4.01. The molecule has 1 aliphatic heterocycles. The first kappa shape index (κ1) is 13.6. The summed E-state index contributed by atoms with van der Waals surface area (Å²) in [5.41, 5.74) is 2.07. The minimum atomic E-state index is -0.246. The van der Waals surface area contributed by atoms with Crippen LogP contribution in [0.3, 0.4) is 0 Å². The fraction of sp³-hybridized carbons (Fsp3) is 0.438. The lowest BCUT2D eigenvalue weighted by Gasteiger charge is -2.29. The highest BCUT2D eigenvalue weighted by molar-refractivity contribution is 7.09. The number of thiazole rings is 1. The van der Waals surface area contributed by atoms with E-state index in [9.17, 15) is 0 Å². The van der Waals surface area contributed by atoms with Crippen molar-refractivity contribution in [3.05, 3.63) is 45.9 Å². The van der Waals surface area contributed by atoms with Gasteiger partial charge in [-0.25, -0.2) is 4.98 Å². The molecule has 0 amide bonds. The first-order valence-electron chi connectivity index (χ1n) is 6.93. The maximum absolute atomic E-state index is 6.07. The van der Waals surface area contributed by atoms with Crippen molar-refractivity contribution in [2.24, 2.45) is 0 Å². The van der Waals surface area contributed by atoms with E-state index < -0.39 is 0 Å². The van der Waals surface area contributed by atoms with Gasteiger partial charge in [0.25, 0.3) is 0 Å². The molecule has 0 saturated heterocycles. The van der Waals surface area contributed by atoms with Crippen LogP contribution in [0.2, 0.25) is 0 Å². The van der Waals surface area contributed by atoms with E-state index in [1.165, 1.54) is 5.56 Å². The Bertz CT molecular complexity index is 620. The van der Waals surface area contributed by atoms with Crippen molar-refractivity contribution in [1.82, 2.24) is 10.3 Å². The zero-order chi connectivity index (χ0) is 14.3. The summed E-state index contributed by atoms with van der Waals surface area (Å²) in [5, 5.41) is 6.90. The number of hydrogen-bond donors (Lipinski definition) is 1. The molecule has 1 aliphatic rings. The topological polar surface area (TPSA) is 34.1 Å². The molecule has 2 aromatic rings. The summed E-state index contributed by atoms with van der Waals surface area (Å²) in [6, 6.07) is 8.66. The molecule has 0 spiro atoms. The average Bonchev–Trinajstić information content (AvgIpc) is 2.92. The summed E-state index contributed by atoms with van der Waals surface area (Å²) in [6.45, 7) is 8.45. The van der Waals surface area contributed by atoms with E-state index in [-0.39, 0.29) is 17.7 Å². The fourth-order valence-electron chi connectivity index (χ4n) is 2.71. The quantitative estimate of drug-likeness (QED) is 0.926. The SMILES string of the molecule is Cc1csc(C(C)NC2c3ccccc3OC2(C)C)n1. The number of nitrogens with one attached hydrogen (secondary N) is 1. The number of ether oxygens (including phenoxy) is 1. The van der Waals surface area contributed by atoms with Crippen molar-refractivity contribution in [2.45, 2.75) is 45.4 Å². The summed E-state index contributed by atoms with van der Waals surface area (Å²) >= 11 is 1.71. The van der Waals surface area contributed by atoms with Gasteiger partial charge in [-0.2, -0.15) is 0 Å². The maximum atomic E-state index is 6.07. The molecule has 1 N–H and O–H groups in total. The van der Waals surface area contributed by atoms with Crippen molar-refractivity contribution >= 4 is 11.3 Å². The molecule has 0 aliphatic carbocycles. The van der Waals surface area contributed by atoms with Gasteiger partial charge < -0.3 is 4.74 Å². The summed E-state index contributed by atoms with van der Waals surface area (Å²) in [4.78, 5) is 4.57. The van der Waals surface area contributed by atoms with E-state index in [1.54, 1.807) is 11.3 Å². The molecule has 2 heterocycles. The van der Waals surface area contributed by atoms with E-state index in [0.29, 0.717) is 0 Å². The van der Waals surface area contributed by atoms with Gasteiger partial charge in [0.2, 0.25) is 0 Å². The summed E-state index contributed by atoms with van der Waals surface area (Å²) in [7, 11) is 0. The molecule has 3 nitrogen and oxygen atoms in total. The van der Waals surface area contributed by atoms with E-state index >= 15 is 0 Å². The van der Waals surface area contributed by atoms with Gasteiger partial charge in [0.1, 0.15) is 16.4 Å². The zero-order valence-corrected chi connectivity index (χ0v) is 13.1. The Morgan fingerprint density at radius 1 is 1.35 bits per heavy atom. The molecule has 4 heteroatoms. The average molecular weight is 288 g/mol.